The maximum atomic E-state index is 14.4. The van der Waals surface area contributed by atoms with Crippen LogP contribution in [0.5, 0.6) is 0 Å². The van der Waals surface area contributed by atoms with E-state index in [0.29, 0.717) is 19.0 Å². The highest BCUT2D eigenvalue weighted by Crippen LogP contribution is 2.27. The van der Waals surface area contributed by atoms with Gasteiger partial charge in [-0.15, -0.1) is 0 Å². The second-order valence-electron chi connectivity index (χ2n) is 5.75. The number of hydrogen-bond donors (Lipinski definition) is 1. The van der Waals surface area contributed by atoms with E-state index in [2.05, 4.69) is 20.0 Å². The highest BCUT2D eigenvalue weighted by molar-refractivity contribution is 5.90. The predicted molar refractivity (Wildman–Crippen MR) is 88.6 cm³/mol. The minimum Gasteiger partial charge on any atom is -0.465 e. The Morgan fingerprint density at radius 1 is 1.28 bits per heavy atom. The Balaban J connectivity index is 1.77. The molecule has 1 aromatic carbocycles. The molecule has 0 radical (unpaired) electrons. The van der Waals surface area contributed by atoms with Gasteiger partial charge in [0, 0.05) is 31.5 Å². The van der Waals surface area contributed by atoms with Crippen molar-refractivity contribution in [1.82, 2.24) is 9.97 Å². The van der Waals surface area contributed by atoms with Crippen LogP contribution in [-0.2, 0) is 4.74 Å². The standard InChI is InChI=1S/C17H18F2N4O2/c1-25-16(24)12-5-6-13(15(19)14(12)18)23-9-2-4-11(10-23)22-17-20-7-3-8-21-17/h3,5-8,11H,2,4,9-10H2,1H3,(H,20,21,22)/t11-/m0/s1. The van der Waals surface area contributed by atoms with E-state index in [1.807, 2.05) is 0 Å². The van der Waals surface area contributed by atoms with Gasteiger partial charge in [-0.1, -0.05) is 0 Å². The molecule has 0 aliphatic carbocycles. The fraction of sp³-hybridized carbons (Fsp3) is 0.353. The van der Waals surface area contributed by atoms with Gasteiger partial charge < -0.3 is 15.0 Å². The number of benzene rings is 1. The van der Waals surface area contributed by atoms with Gasteiger partial charge in [-0.3, -0.25) is 0 Å². The Morgan fingerprint density at radius 2 is 2.04 bits per heavy atom. The molecule has 132 valence electrons. The third-order valence-corrected chi connectivity index (χ3v) is 4.13. The molecule has 0 spiro atoms. The number of piperidine rings is 1. The number of nitrogens with one attached hydrogen (secondary N) is 1. The van der Waals surface area contributed by atoms with Crippen molar-refractivity contribution in [2.24, 2.45) is 0 Å². The van der Waals surface area contributed by atoms with Crippen LogP contribution in [0.2, 0.25) is 0 Å². The first-order valence-electron chi connectivity index (χ1n) is 7.95. The van der Waals surface area contributed by atoms with Crippen LogP contribution in [0, 0.1) is 11.6 Å². The van der Waals surface area contributed by atoms with Crippen LogP contribution >= 0.6 is 0 Å². The van der Waals surface area contributed by atoms with E-state index in [4.69, 9.17) is 0 Å². The van der Waals surface area contributed by atoms with Crippen LogP contribution in [0.4, 0.5) is 20.4 Å². The molecule has 1 aliphatic rings. The predicted octanol–water partition coefficient (Wildman–Crippen LogP) is 2.62. The fourth-order valence-electron chi connectivity index (χ4n) is 2.92. The van der Waals surface area contributed by atoms with E-state index in [9.17, 15) is 13.6 Å². The van der Waals surface area contributed by atoms with E-state index in [1.165, 1.54) is 12.1 Å². The lowest BCUT2D eigenvalue weighted by Crippen LogP contribution is -2.43. The summed E-state index contributed by atoms with van der Waals surface area (Å²) in [6.45, 7) is 1.08. The zero-order chi connectivity index (χ0) is 17.8. The monoisotopic (exact) mass is 348 g/mol. The first-order chi connectivity index (χ1) is 12.1. The topological polar surface area (TPSA) is 67.3 Å². The van der Waals surface area contributed by atoms with Crippen LogP contribution < -0.4 is 10.2 Å². The molecule has 8 heteroatoms. The van der Waals surface area contributed by atoms with Crippen molar-refractivity contribution in [2.45, 2.75) is 18.9 Å². The van der Waals surface area contributed by atoms with Gasteiger partial charge in [-0.2, -0.15) is 0 Å². The first-order valence-corrected chi connectivity index (χ1v) is 7.95. The summed E-state index contributed by atoms with van der Waals surface area (Å²) in [6.07, 6.45) is 4.95. The molecule has 0 bridgehead atoms. The normalized spacial score (nSPS) is 17.2. The molecular weight excluding hydrogens is 330 g/mol. The molecular formula is C17H18F2N4O2. The minimum atomic E-state index is -1.19. The number of carbonyl (C=O) groups is 1. The average molecular weight is 348 g/mol. The van der Waals surface area contributed by atoms with Crippen molar-refractivity contribution in [2.75, 3.05) is 30.4 Å². The van der Waals surface area contributed by atoms with Gasteiger partial charge in [0.15, 0.2) is 11.6 Å². The molecule has 0 unspecified atom stereocenters. The van der Waals surface area contributed by atoms with Crippen molar-refractivity contribution in [3.8, 4) is 0 Å². The lowest BCUT2D eigenvalue weighted by molar-refractivity contribution is 0.0594. The van der Waals surface area contributed by atoms with Gasteiger partial charge in [0.2, 0.25) is 5.95 Å². The zero-order valence-electron chi connectivity index (χ0n) is 13.7. The number of halogens is 2. The molecule has 1 N–H and O–H groups in total. The van der Waals surface area contributed by atoms with E-state index in [0.717, 1.165) is 20.0 Å². The van der Waals surface area contributed by atoms with Crippen molar-refractivity contribution in [3.63, 3.8) is 0 Å². The van der Waals surface area contributed by atoms with Crippen molar-refractivity contribution in [3.05, 3.63) is 47.8 Å². The summed E-state index contributed by atoms with van der Waals surface area (Å²) in [4.78, 5) is 21.4. The smallest absolute Gasteiger partial charge is 0.340 e. The summed E-state index contributed by atoms with van der Waals surface area (Å²) in [5.41, 5.74) is -0.279. The molecule has 0 amide bonds. The van der Waals surface area contributed by atoms with Gasteiger partial charge in [0.05, 0.1) is 18.4 Å². The summed E-state index contributed by atoms with van der Waals surface area (Å²) in [5, 5.41) is 3.20. The number of rotatable bonds is 4. The average Bonchev–Trinajstić information content (AvgIpc) is 2.64. The Hall–Kier alpha value is -2.77. The van der Waals surface area contributed by atoms with Crippen LogP contribution in [0.15, 0.2) is 30.6 Å². The molecule has 1 atom stereocenters. The zero-order valence-corrected chi connectivity index (χ0v) is 13.7. The van der Waals surface area contributed by atoms with E-state index >= 15 is 0 Å². The van der Waals surface area contributed by atoms with E-state index in [1.54, 1.807) is 23.4 Å². The molecule has 0 saturated carbocycles. The van der Waals surface area contributed by atoms with Crippen LogP contribution in [0.1, 0.15) is 23.2 Å². The Morgan fingerprint density at radius 3 is 2.76 bits per heavy atom. The summed E-state index contributed by atoms with van der Waals surface area (Å²) in [5.74, 6) is -2.63. The Bertz CT molecular complexity index is 758. The number of hydrogen-bond acceptors (Lipinski definition) is 6. The minimum absolute atomic E-state index is 0.0129. The number of carbonyl (C=O) groups excluding carboxylic acids is 1. The molecule has 1 aliphatic heterocycles. The lowest BCUT2D eigenvalue weighted by Gasteiger charge is -2.35. The largest absolute Gasteiger partial charge is 0.465 e. The summed E-state index contributed by atoms with van der Waals surface area (Å²) in [7, 11) is 1.13. The quantitative estimate of drug-likeness (QED) is 0.857. The second-order valence-corrected chi connectivity index (χ2v) is 5.75. The van der Waals surface area contributed by atoms with Gasteiger partial charge in [-0.25, -0.2) is 23.5 Å². The third kappa shape index (κ3) is 3.67. The number of methoxy groups -OCH3 is 1. The molecule has 2 aromatic rings. The molecule has 1 saturated heterocycles. The van der Waals surface area contributed by atoms with Crippen molar-refractivity contribution >= 4 is 17.6 Å². The number of aromatic nitrogens is 2. The molecule has 6 nitrogen and oxygen atoms in total. The number of ether oxygens (including phenoxy) is 1. The SMILES string of the molecule is COC(=O)c1ccc(N2CCC[C@H](Nc3ncccn3)C2)c(F)c1F. The number of esters is 1. The molecule has 1 aromatic heterocycles. The highest BCUT2D eigenvalue weighted by atomic mass is 19.2. The van der Waals surface area contributed by atoms with Gasteiger partial charge in [0.1, 0.15) is 0 Å². The van der Waals surface area contributed by atoms with Gasteiger partial charge >= 0.3 is 5.97 Å². The number of nitrogens with zero attached hydrogens (tertiary/aromatic N) is 3. The molecule has 25 heavy (non-hydrogen) atoms. The Labute approximate surface area is 143 Å². The van der Waals surface area contributed by atoms with E-state index < -0.39 is 23.2 Å². The molecule has 3 rings (SSSR count). The van der Waals surface area contributed by atoms with E-state index in [-0.39, 0.29) is 11.7 Å². The summed E-state index contributed by atoms with van der Waals surface area (Å²) >= 11 is 0. The molecule has 2 heterocycles. The van der Waals surface area contributed by atoms with Crippen molar-refractivity contribution < 1.29 is 18.3 Å². The molecule has 1 fully saturated rings. The third-order valence-electron chi connectivity index (χ3n) is 4.13. The van der Waals surface area contributed by atoms with Crippen molar-refractivity contribution in [1.29, 1.82) is 0 Å². The fourth-order valence-corrected chi connectivity index (χ4v) is 2.92. The highest BCUT2D eigenvalue weighted by Gasteiger charge is 2.26. The summed E-state index contributed by atoms with van der Waals surface area (Å²) in [6, 6.07) is 4.39. The maximum absolute atomic E-state index is 14.4. The van der Waals surface area contributed by atoms with Crippen LogP contribution in [0.3, 0.4) is 0 Å². The second kappa shape index (κ2) is 7.42. The van der Waals surface area contributed by atoms with Crippen LogP contribution in [0.25, 0.3) is 0 Å². The Kier molecular flexibility index (Phi) is 5.06. The van der Waals surface area contributed by atoms with Gasteiger partial charge in [0.25, 0.3) is 0 Å². The maximum Gasteiger partial charge on any atom is 0.340 e. The van der Waals surface area contributed by atoms with Gasteiger partial charge in [-0.05, 0) is 31.0 Å². The lowest BCUT2D eigenvalue weighted by atomic mass is 10.0. The first kappa shape index (κ1) is 17.1. The number of anilines is 2. The van der Waals surface area contributed by atoms with Crippen LogP contribution in [-0.4, -0.2) is 42.2 Å². The summed E-state index contributed by atoms with van der Waals surface area (Å²) < 4.78 is 33.0.